The highest BCUT2D eigenvalue weighted by molar-refractivity contribution is 7.20. The summed E-state index contributed by atoms with van der Waals surface area (Å²) in [7, 11) is 0. The van der Waals surface area contributed by atoms with E-state index in [1.165, 1.54) is 11.3 Å². The highest BCUT2D eigenvalue weighted by Gasteiger charge is 2.13. The summed E-state index contributed by atoms with van der Waals surface area (Å²) in [6, 6.07) is 19.7. The number of urea groups is 1. The minimum atomic E-state index is -0.361. The van der Waals surface area contributed by atoms with E-state index >= 15 is 0 Å². The second-order valence-electron chi connectivity index (χ2n) is 6.00. The van der Waals surface area contributed by atoms with Crippen LogP contribution in [0.4, 0.5) is 21.9 Å². The first-order valence-electron chi connectivity index (χ1n) is 8.71. The van der Waals surface area contributed by atoms with Crippen LogP contribution in [0.1, 0.15) is 10.5 Å². The zero-order chi connectivity index (χ0) is 20.1. The molecule has 4 rings (SSSR count). The van der Waals surface area contributed by atoms with E-state index in [9.17, 15) is 9.59 Å². The molecule has 3 N–H and O–H groups in total. The number of nitrogens with zero attached hydrogens (tertiary/aromatic N) is 1. The number of thiazole rings is 1. The first kappa shape index (κ1) is 18.9. The van der Waals surface area contributed by atoms with Crippen molar-refractivity contribution in [3.05, 3.63) is 83.2 Å². The van der Waals surface area contributed by atoms with Crippen molar-refractivity contribution in [1.82, 2.24) is 4.98 Å². The molecule has 29 heavy (non-hydrogen) atoms. The fourth-order valence-corrected chi connectivity index (χ4v) is 4.19. The number of carbonyl (C=O) groups excluding carboxylic acids is 2. The fraction of sp³-hybridized carbons (Fsp3) is 0. The maximum absolute atomic E-state index is 12.5. The number of thiophene rings is 1. The number of rotatable bonds is 5. The standard InChI is InChI=1S/C21H16N4O2S2/c26-19(17-13-29-20(25-17)18-10-5-11-28-18)22-15-8-4-9-16(12-15)24-21(27)23-14-6-2-1-3-7-14/h1-13H,(H,22,26)(H2,23,24,27). The number of amides is 3. The van der Waals surface area contributed by atoms with Gasteiger partial charge in [-0.3, -0.25) is 4.79 Å². The molecule has 0 atom stereocenters. The molecule has 144 valence electrons. The third-order valence-corrected chi connectivity index (χ3v) is 5.76. The molecular formula is C21H16N4O2S2. The van der Waals surface area contributed by atoms with E-state index in [1.54, 1.807) is 53.1 Å². The van der Waals surface area contributed by atoms with Crippen LogP contribution in [-0.4, -0.2) is 16.9 Å². The van der Waals surface area contributed by atoms with Crippen molar-refractivity contribution in [2.75, 3.05) is 16.0 Å². The van der Waals surface area contributed by atoms with Gasteiger partial charge in [0.1, 0.15) is 10.7 Å². The Morgan fingerprint density at radius 3 is 2.24 bits per heavy atom. The molecule has 0 aliphatic heterocycles. The molecule has 8 heteroatoms. The zero-order valence-corrected chi connectivity index (χ0v) is 16.7. The van der Waals surface area contributed by atoms with Crippen molar-refractivity contribution < 1.29 is 9.59 Å². The number of carbonyl (C=O) groups is 2. The lowest BCUT2D eigenvalue weighted by atomic mass is 10.2. The minimum Gasteiger partial charge on any atom is -0.321 e. The van der Waals surface area contributed by atoms with Gasteiger partial charge in [0.15, 0.2) is 0 Å². The van der Waals surface area contributed by atoms with Gasteiger partial charge < -0.3 is 16.0 Å². The molecule has 0 saturated carbocycles. The van der Waals surface area contributed by atoms with Crippen LogP contribution < -0.4 is 16.0 Å². The Morgan fingerprint density at radius 1 is 0.759 bits per heavy atom. The van der Waals surface area contributed by atoms with E-state index in [0.29, 0.717) is 22.8 Å². The molecule has 2 heterocycles. The number of hydrogen-bond acceptors (Lipinski definition) is 5. The summed E-state index contributed by atoms with van der Waals surface area (Å²) in [5, 5.41) is 12.8. The monoisotopic (exact) mass is 420 g/mol. The lowest BCUT2D eigenvalue weighted by molar-refractivity contribution is 0.102. The average molecular weight is 421 g/mol. The van der Waals surface area contributed by atoms with E-state index in [1.807, 2.05) is 35.7 Å². The largest absolute Gasteiger partial charge is 0.323 e. The first-order valence-corrected chi connectivity index (χ1v) is 10.5. The van der Waals surface area contributed by atoms with Gasteiger partial charge in [-0.2, -0.15) is 0 Å². The van der Waals surface area contributed by atoms with Crippen LogP contribution in [0.25, 0.3) is 9.88 Å². The maximum atomic E-state index is 12.5. The van der Waals surface area contributed by atoms with Gasteiger partial charge >= 0.3 is 6.03 Å². The summed E-state index contributed by atoms with van der Waals surface area (Å²) in [4.78, 5) is 30.1. The van der Waals surface area contributed by atoms with Crippen molar-refractivity contribution in [3.8, 4) is 9.88 Å². The first-order chi connectivity index (χ1) is 14.2. The quantitative estimate of drug-likeness (QED) is 0.383. The highest BCUT2D eigenvalue weighted by atomic mass is 32.1. The van der Waals surface area contributed by atoms with Gasteiger partial charge in [0.25, 0.3) is 5.91 Å². The van der Waals surface area contributed by atoms with Crippen molar-refractivity contribution in [3.63, 3.8) is 0 Å². The zero-order valence-electron chi connectivity index (χ0n) is 15.1. The number of hydrogen-bond donors (Lipinski definition) is 3. The smallest absolute Gasteiger partial charge is 0.321 e. The third kappa shape index (κ3) is 4.87. The van der Waals surface area contributed by atoms with Gasteiger partial charge in [-0.25, -0.2) is 9.78 Å². The van der Waals surface area contributed by atoms with Crippen LogP contribution in [-0.2, 0) is 0 Å². The molecule has 0 saturated heterocycles. The molecule has 0 fully saturated rings. The van der Waals surface area contributed by atoms with Crippen LogP contribution in [0.5, 0.6) is 0 Å². The van der Waals surface area contributed by atoms with E-state index in [2.05, 4.69) is 20.9 Å². The summed E-state index contributed by atoms with van der Waals surface area (Å²) in [5.41, 5.74) is 2.19. The lowest BCUT2D eigenvalue weighted by Gasteiger charge is -2.09. The number of aromatic nitrogens is 1. The number of benzene rings is 2. The molecule has 2 aromatic carbocycles. The van der Waals surface area contributed by atoms with Crippen LogP contribution in [0, 0.1) is 0 Å². The molecule has 3 amide bonds. The molecule has 0 aliphatic carbocycles. The van der Waals surface area contributed by atoms with Crippen LogP contribution in [0.2, 0.25) is 0 Å². The Morgan fingerprint density at radius 2 is 1.48 bits per heavy atom. The normalized spacial score (nSPS) is 10.3. The molecule has 6 nitrogen and oxygen atoms in total. The van der Waals surface area contributed by atoms with Gasteiger partial charge in [0, 0.05) is 22.4 Å². The molecule has 0 spiro atoms. The summed E-state index contributed by atoms with van der Waals surface area (Å²) in [5.74, 6) is -0.296. The molecular weight excluding hydrogens is 404 g/mol. The van der Waals surface area contributed by atoms with Gasteiger partial charge in [-0.1, -0.05) is 30.3 Å². The molecule has 2 aromatic heterocycles. The number of para-hydroxylation sites is 1. The Bertz CT molecular complexity index is 1120. The Balaban J connectivity index is 1.39. The fourth-order valence-electron chi connectivity index (χ4n) is 2.58. The Kier molecular flexibility index (Phi) is 5.64. The summed E-state index contributed by atoms with van der Waals surface area (Å²) in [6.07, 6.45) is 0. The lowest BCUT2D eigenvalue weighted by Crippen LogP contribution is -2.19. The van der Waals surface area contributed by atoms with Crippen LogP contribution in [0.3, 0.4) is 0 Å². The second kappa shape index (κ2) is 8.68. The van der Waals surface area contributed by atoms with E-state index < -0.39 is 0 Å². The van der Waals surface area contributed by atoms with Crippen molar-refractivity contribution in [2.24, 2.45) is 0 Å². The van der Waals surface area contributed by atoms with Crippen molar-refractivity contribution in [1.29, 1.82) is 0 Å². The highest BCUT2D eigenvalue weighted by Crippen LogP contribution is 2.28. The van der Waals surface area contributed by atoms with E-state index in [-0.39, 0.29) is 11.9 Å². The molecule has 0 unspecified atom stereocenters. The van der Waals surface area contributed by atoms with Crippen molar-refractivity contribution >= 4 is 51.7 Å². The summed E-state index contributed by atoms with van der Waals surface area (Å²) >= 11 is 3.02. The Labute approximate surface area is 175 Å². The minimum absolute atomic E-state index is 0.296. The third-order valence-electron chi connectivity index (χ3n) is 3.88. The average Bonchev–Trinajstić information content (AvgIpc) is 3.41. The Hall–Kier alpha value is -3.49. The van der Waals surface area contributed by atoms with Crippen molar-refractivity contribution in [2.45, 2.75) is 0 Å². The van der Waals surface area contributed by atoms with Gasteiger partial charge in [0.2, 0.25) is 0 Å². The van der Waals surface area contributed by atoms with Gasteiger partial charge in [-0.15, -0.1) is 22.7 Å². The maximum Gasteiger partial charge on any atom is 0.323 e. The number of anilines is 3. The molecule has 0 bridgehead atoms. The number of nitrogens with one attached hydrogen (secondary N) is 3. The molecule has 0 radical (unpaired) electrons. The predicted octanol–water partition coefficient (Wildman–Crippen LogP) is 5.77. The van der Waals surface area contributed by atoms with Gasteiger partial charge in [-0.05, 0) is 41.8 Å². The van der Waals surface area contributed by atoms with Crippen LogP contribution in [0.15, 0.2) is 77.5 Å². The summed E-state index contributed by atoms with van der Waals surface area (Å²) < 4.78 is 0. The topological polar surface area (TPSA) is 83.1 Å². The molecule has 0 aliphatic rings. The van der Waals surface area contributed by atoms with E-state index in [0.717, 1.165) is 9.88 Å². The van der Waals surface area contributed by atoms with Crippen LogP contribution >= 0.6 is 22.7 Å². The summed E-state index contributed by atoms with van der Waals surface area (Å²) in [6.45, 7) is 0. The SMILES string of the molecule is O=C(Nc1ccccc1)Nc1cccc(NC(=O)c2csc(-c3cccs3)n2)c1. The van der Waals surface area contributed by atoms with Gasteiger partial charge in [0.05, 0.1) is 4.88 Å². The van der Waals surface area contributed by atoms with E-state index in [4.69, 9.17) is 0 Å². The second-order valence-corrected chi connectivity index (χ2v) is 7.80. The molecule has 4 aromatic rings. The predicted molar refractivity (Wildman–Crippen MR) is 119 cm³/mol.